The van der Waals surface area contributed by atoms with Gasteiger partial charge in [0.25, 0.3) is 0 Å². The smallest absolute Gasteiger partial charge is 0.329 e. The van der Waals surface area contributed by atoms with Crippen LogP contribution in [0.1, 0.15) is 58.4 Å². The number of unbranched alkanes of at least 4 members (excludes halogenated alkanes) is 1. The number of nitrogens with zero attached hydrogens (tertiary/aromatic N) is 1. The van der Waals surface area contributed by atoms with Gasteiger partial charge in [0.1, 0.15) is 24.2 Å². The fourth-order valence-electron chi connectivity index (χ4n) is 4.22. The summed E-state index contributed by atoms with van der Waals surface area (Å²) in [4.78, 5) is 53.5. The van der Waals surface area contributed by atoms with Crippen LogP contribution in [-0.4, -0.2) is 71.6 Å². The van der Waals surface area contributed by atoms with Gasteiger partial charge >= 0.3 is 5.97 Å². The molecule has 0 bridgehead atoms. The Bertz CT molecular complexity index is 862. The molecule has 0 aromatic heterocycles. The van der Waals surface area contributed by atoms with Gasteiger partial charge in [-0.25, -0.2) is 4.79 Å². The predicted octanol–water partition coefficient (Wildman–Crippen LogP) is 1.57. The van der Waals surface area contributed by atoms with Gasteiger partial charge in [0.05, 0.1) is 6.42 Å². The lowest BCUT2D eigenvalue weighted by atomic mass is 9.95. The molecule has 0 saturated carbocycles. The second kappa shape index (κ2) is 13.8. The second-order valence-corrected chi connectivity index (χ2v) is 9.32. The van der Waals surface area contributed by atoms with Crippen LogP contribution in [0.3, 0.4) is 0 Å². The van der Waals surface area contributed by atoms with Gasteiger partial charge in [-0.15, -0.1) is 0 Å². The molecule has 0 aliphatic carbocycles. The molecule has 1 aliphatic rings. The fraction of sp³-hybridized carbons (Fsp3) is 0.615. The number of ether oxygens (including phenoxy) is 1. The summed E-state index contributed by atoms with van der Waals surface area (Å²) in [6, 6.07) is 6.40. The van der Waals surface area contributed by atoms with E-state index in [0.717, 1.165) is 24.8 Å². The zero-order valence-electron chi connectivity index (χ0n) is 21.2. The Labute approximate surface area is 207 Å². The minimum absolute atomic E-state index is 0.0133. The molecule has 0 radical (unpaired) electrons. The Morgan fingerprint density at radius 3 is 2.46 bits per heavy atom. The number of hydrogen-bond donors (Lipinski definition) is 3. The van der Waals surface area contributed by atoms with Crippen LogP contribution in [-0.2, 0) is 30.3 Å². The van der Waals surface area contributed by atoms with E-state index in [0.29, 0.717) is 0 Å². The molecule has 35 heavy (non-hydrogen) atoms. The van der Waals surface area contributed by atoms with Gasteiger partial charge in [0.15, 0.2) is 0 Å². The third-order valence-corrected chi connectivity index (χ3v) is 6.46. The highest BCUT2D eigenvalue weighted by atomic mass is 16.5. The first-order chi connectivity index (χ1) is 16.7. The third-order valence-electron chi connectivity index (χ3n) is 6.46. The van der Waals surface area contributed by atoms with Gasteiger partial charge < -0.3 is 25.4 Å². The third kappa shape index (κ3) is 8.35. The van der Waals surface area contributed by atoms with Crippen LogP contribution >= 0.6 is 0 Å². The number of aliphatic hydroxyl groups excluding tert-OH is 1. The van der Waals surface area contributed by atoms with Crippen molar-refractivity contribution in [2.75, 3.05) is 13.7 Å². The van der Waals surface area contributed by atoms with Gasteiger partial charge in [-0.1, -0.05) is 57.0 Å². The van der Waals surface area contributed by atoms with E-state index in [9.17, 15) is 24.3 Å². The van der Waals surface area contributed by atoms with Gasteiger partial charge in [0, 0.05) is 26.5 Å². The Hall–Kier alpha value is -2.94. The predicted molar refractivity (Wildman–Crippen MR) is 131 cm³/mol. The summed E-state index contributed by atoms with van der Waals surface area (Å²) in [5.74, 6) is -2.17. The van der Waals surface area contributed by atoms with Crippen molar-refractivity contribution in [2.24, 2.45) is 5.92 Å². The van der Waals surface area contributed by atoms with Crippen molar-refractivity contribution in [3.05, 3.63) is 35.9 Å². The normalized spacial score (nSPS) is 25.5. The highest BCUT2D eigenvalue weighted by Gasteiger charge is 2.36. The van der Waals surface area contributed by atoms with Crippen molar-refractivity contribution in [1.82, 2.24) is 15.5 Å². The summed E-state index contributed by atoms with van der Waals surface area (Å²) in [6.07, 6.45) is 2.03. The fourth-order valence-corrected chi connectivity index (χ4v) is 4.22. The molecule has 1 aliphatic heterocycles. The number of hydrogen-bond acceptors (Lipinski definition) is 6. The number of amides is 3. The molecule has 3 amide bonds. The molecule has 3 N–H and O–H groups in total. The quantitative estimate of drug-likeness (QED) is 0.476. The Balaban J connectivity index is 2.39. The minimum Gasteiger partial charge on any atom is -0.460 e. The molecule has 1 aromatic rings. The summed E-state index contributed by atoms with van der Waals surface area (Å²) >= 11 is 0. The second-order valence-electron chi connectivity index (χ2n) is 9.32. The maximum Gasteiger partial charge on any atom is 0.329 e. The number of benzene rings is 1. The van der Waals surface area contributed by atoms with Crippen LogP contribution in [0.2, 0.25) is 0 Å². The molecule has 1 fully saturated rings. The lowest BCUT2D eigenvalue weighted by molar-refractivity contribution is -0.163. The van der Waals surface area contributed by atoms with Crippen molar-refractivity contribution in [3.8, 4) is 0 Å². The van der Waals surface area contributed by atoms with Crippen LogP contribution in [0.15, 0.2) is 30.3 Å². The average Bonchev–Trinajstić information content (AvgIpc) is 2.84. The summed E-state index contributed by atoms with van der Waals surface area (Å²) in [6.45, 7) is 5.18. The molecule has 9 nitrogen and oxygen atoms in total. The molecule has 9 heteroatoms. The van der Waals surface area contributed by atoms with Crippen molar-refractivity contribution < 1.29 is 29.0 Å². The number of cyclic esters (lactones) is 1. The van der Waals surface area contributed by atoms with Crippen molar-refractivity contribution in [2.45, 2.75) is 83.5 Å². The molecule has 5 atom stereocenters. The summed E-state index contributed by atoms with van der Waals surface area (Å²) in [7, 11) is 1.45. The van der Waals surface area contributed by atoms with E-state index in [1.54, 1.807) is 0 Å². The largest absolute Gasteiger partial charge is 0.460 e. The van der Waals surface area contributed by atoms with Crippen molar-refractivity contribution >= 4 is 23.7 Å². The highest BCUT2D eigenvalue weighted by Crippen LogP contribution is 2.21. The van der Waals surface area contributed by atoms with Gasteiger partial charge in [-0.2, -0.15) is 0 Å². The topological polar surface area (TPSA) is 125 Å². The van der Waals surface area contributed by atoms with Gasteiger partial charge in [0.2, 0.25) is 17.7 Å². The maximum atomic E-state index is 13.1. The average molecular weight is 490 g/mol. The molecule has 1 saturated heterocycles. The van der Waals surface area contributed by atoms with Gasteiger partial charge in [-0.3, -0.25) is 14.4 Å². The number of nitrogens with one attached hydrogen (secondary N) is 2. The number of likely N-dealkylation sites (N-methyl/N-ethyl adjacent to an activating group) is 1. The Morgan fingerprint density at radius 1 is 1.14 bits per heavy atom. The van der Waals surface area contributed by atoms with E-state index >= 15 is 0 Å². The van der Waals surface area contributed by atoms with E-state index in [2.05, 4.69) is 17.6 Å². The number of esters is 1. The minimum atomic E-state index is -1.03. The Morgan fingerprint density at radius 2 is 1.83 bits per heavy atom. The Kier molecular flexibility index (Phi) is 11.2. The zero-order valence-corrected chi connectivity index (χ0v) is 21.2. The molecule has 0 unspecified atom stereocenters. The molecular formula is C26H39N3O6. The maximum absolute atomic E-state index is 13.1. The number of aliphatic hydroxyl groups is 1. The first-order valence-corrected chi connectivity index (χ1v) is 12.4. The lowest BCUT2D eigenvalue weighted by Gasteiger charge is -2.31. The van der Waals surface area contributed by atoms with Crippen molar-refractivity contribution in [1.29, 1.82) is 0 Å². The van der Waals surface area contributed by atoms with Crippen molar-refractivity contribution in [3.63, 3.8) is 0 Å². The van der Waals surface area contributed by atoms with E-state index < -0.39 is 47.9 Å². The first kappa shape index (κ1) is 28.3. The van der Waals surface area contributed by atoms with Crippen LogP contribution in [0.5, 0.6) is 0 Å². The molecule has 0 spiro atoms. The molecular weight excluding hydrogens is 450 g/mol. The van der Waals surface area contributed by atoms with E-state index in [-0.39, 0.29) is 31.8 Å². The summed E-state index contributed by atoms with van der Waals surface area (Å²) < 4.78 is 5.78. The number of carbonyl (C=O) groups excluding carboxylic acids is 4. The van der Waals surface area contributed by atoms with E-state index in [4.69, 9.17) is 4.74 Å². The molecule has 1 aromatic carbocycles. The van der Waals surface area contributed by atoms with Gasteiger partial charge in [-0.05, 0) is 24.8 Å². The highest BCUT2D eigenvalue weighted by molar-refractivity contribution is 5.93. The van der Waals surface area contributed by atoms with Crippen LogP contribution in [0, 0.1) is 5.92 Å². The molecule has 1 heterocycles. The van der Waals surface area contributed by atoms with E-state index in [1.807, 2.05) is 37.3 Å². The van der Waals surface area contributed by atoms with Crippen LogP contribution in [0.4, 0.5) is 0 Å². The zero-order chi connectivity index (χ0) is 26.0. The molecule has 2 rings (SSSR count). The summed E-state index contributed by atoms with van der Waals surface area (Å²) in [5.41, 5.74) is 0.857. The lowest BCUT2D eigenvalue weighted by Crippen LogP contribution is -2.55. The summed E-state index contributed by atoms with van der Waals surface area (Å²) in [5, 5.41) is 15.0. The standard InChI is InChI=1S/C26H39N3O6/c1-5-6-10-17(2)22-16-23(31)28-20(15-19-11-8-7-9-12-19)24(32)27-18(3)25(33)29(4)21(13-14-30)26(34)35-22/h7-9,11-12,17-18,20-22,30H,5-6,10,13-16H2,1-4H3,(H,27,32)(H,28,31)/t17-,18-,20-,21-,22+/m0/s1. The van der Waals surface area contributed by atoms with Crippen LogP contribution < -0.4 is 10.6 Å². The SMILES string of the molecule is CCCC[C@H](C)[C@H]1CC(=O)N[C@@H](Cc2ccccc2)C(=O)N[C@@H](C)C(=O)N(C)[C@@H](CCO)C(=O)O1. The number of rotatable bonds is 8. The molecule has 194 valence electrons. The van der Waals surface area contributed by atoms with E-state index in [1.165, 1.54) is 18.9 Å². The first-order valence-electron chi connectivity index (χ1n) is 12.4. The number of carbonyl (C=O) groups is 4. The monoisotopic (exact) mass is 489 g/mol. The van der Waals surface area contributed by atoms with Crippen LogP contribution in [0.25, 0.3) is 0 Å².